The summed E-state index contributed by atoms with van der Waals surface area (Å²) in [7, 11) is 0. The zero-order valence-corrected chi connectivity index (χ0v) is 9.27. The number of rotatable bonds is 6. The largest absolute Gasteiger partial charge is 0.361 e. The van der Waals surface area contributed by atoms with Crippen molar-refractivity contribution >= 4 is 6.03 Å². The number of hydrogen-bond donors (Lipinski definition) is 0. The van der Waals surface area contributed by atoms with E-state index >= 15 is 0 Å². The van der Waals surface area contributed by atoms with Gasteiger partial charge in [0, 0.05) is 13.2 Å². The molecular weight excluding hydrogens is 200 g/mol. The molecule has 6 heteroatoms. The first kappa shape index (κ1) is 12.2. The number of ether oxygens (including phenoxy) is 3. The summed E-state index contributed by atoms with van der Waals surface area (Å²) in [6, 6.07) is -0.108. The van der Waals surface area contributed by atoms with Crippen molar-refractivity contribution in [3.63, 3.8) is 0 Å². The summed E-state index contributed by atoms with van der Waals surface area (Å²) in [6.07, 6.45) is 0. The maximum absolute atomic E-state index is 11.7. The van der Waals surface area contributed by atoms with Gasteiger partial charge >= 0.3 is 6.03 Å². The number of carbonyl (C=O) groups is 1. The van der Waals surface area contributed by atoms with Crippen LogP contribution in [0, 0.1) is 0 Å². The van der Waals surface area contributed by atoms with Gasteiger partial charge in [-0.15, -0.1) is 0 Å². The minimum absolute atomic E-state index is 0.108. The molecule has 88 valence electrons. The fourth-order valence-electron chi connectivity index (χ4n) is 1.16. The maximum Gasteiger partial charge on any atom is 0.327 e. The topological polar surface area (TPSA) is 51.2 Å². The van der Waals surface area contributed by atoms with Gasteiger partial charge in [-0.2, -0.15) is 0 Å². The molecular formula is C9H18N2O4. The summed E-state index contributed by atoms with van der Waals surface area (Å²) < 4.78 is 15.5. The summed E-state index contributed by atoms with van der Waals surface area (Å²) in [5.41, 5.74) is 0. The van der Waals surface area contributed by atoms with Crippen LogP contribution in [0.15, 0.2) is 0 Å². The number of nitrogens with zero attached hydrogens (tertiary/aromatic N) is 2. The van der Waals surface area contributed by atoms with Crippen molar-refractivity contribution in [1.82, 2.24) is 9.80 Å². The fraction of sp³-hybridized carbons (Fsp3) is 0.889. The first-order valence-corrected chi connectivity index (χ1v) is 5.06. The highest BCUT2D eigenvalue weighted by Crippen LogP contribution is 2.06. The van der Waals surface area contributed by atoms with Crippen LogP contribution < -0.4 is 0 Å². The van der Waals surface area contributed by atoms with E-state index in [1.165, 1.54) is 9.80 Å². The van der Waals surface area contributed by atoms with E-state index in [-0.39, 0.29) is 33.0 Å². The van der Waals surface area contributed by atoms with Crippen molar-refractivity contribution in [3.05, 3.63) is 0 Å². The normalized spacial score (nSPS) is 17.3. The highest BCUT2D eigenvalue weighted by molar-refractivity contribution is 5.74. The van der Waals surface area contributed by atoms with Crippen molar-refractivity contribution in [3.8, 4) is 0 Å². The average Bonchev–Trinajstić information content (AvgIpc) is 2.26. The molecule has 0 aliphatic carbocycles. The van der Waals surface area contributed by atoms with Gasteiger partial charge in [0.15, 0.2) is 0 Å². The van der Waals surface area contributed by atoms with Crippen LogP contribution in [-0.2, 0) is 14.2 Å². The van der Waals surface area contributed by atoms with Crippen LogP contribution in [0.1, 0.15) is 13.8 Å². The lowest BCUT2D eigenvalue weighted by molar-refractivity contribution is -0.109. The van der Waals surface area contributed by atoms with Gasteiger partial charge in [-0.1, -0.05) is 0 Å². The van der Waals surface area contributed by atoms with E-state index in [1.54, 1.807) is 0 Å². The van der Waals surface area contributed by atoms with E-state index in [9.17, 15) is 4.79 Å². The number of amides is 2. The monoisotopic (exact) mass is 218 g/mol. The second-order valence-corrected chi connectivity index (χ2v) is 3.07. The Morgan fingerprint density at radius 3 is 2.00 bits per heavy atom. The highest BCUT2D eigenvalue weighted by atomic mass is 16.5. The Balaban J connectivity index is 2.36. The van der Waals surface area contributed by atoms with Gasteiger partial charge in [0.1, 0.15) is 26.9 Å². The molecule has 0 aromatic carbocycles. The second kappa shape index (κ2) is 6.60. The van der Waals surface area contributed by atoms with E-state index in [2.05, 4.69) is 0 Å². The first-order valence-electron chi connectivity index (χ1n) is 5.06. The van der Waals surface area contributed by atoms with Gasteiger partial charge in [-0.25, -0.2) is 4.79 Å². The molecule has 0 atom stereocenters. The third kappa shape index (κ3) is 3.65. The first-order chi connectivity index (χ1) is 7.29. The fourth-order valence-corrected chi connectivity index (χ4v) is 1.16. The molecule has 15 heavy (non-hydrogen) atoms. The minimum atomic E-state index is -0.108. The Morgan fingerprint density at radius 2 is 1.60 bits per heavy atom. The van der Waals surface area contributed by atoms with Crippen LogP contribution in [0.4, 0.5) is 4.79 Å². The van der Waals surface area contributed by atoms with Crippen LogP contribution in [0.2, 0.25) is 0 Å². The summed E-state index contributed by atoms with van der Waals surface area (Å²) in [6.45, 7) is 6.00. The molecule has 0 saturated carbocycles. The lowest BCUT2D eigenvalue weighted by Crippen LogP contribution is -2.51. The summed E-state index contributed by atoms with van der Waals surface area (Å²) >= 11 is 0. The van der Waals surface area contributed by atoms with Gasteiger partial charge in [-0.3, -0.25) is 9.80 Å². The van der Waals surface area contributed by atoms with E-state index in [1.807, 2.05) is 13.8 Å². The van der Waals surface area contributed by atoms with Crippen LogP contribution in [-0.4, -0.2) is 56.0 Å². The van der Waals surface area contributed by atoms with E-state index in [0.717, 1.165) is 0 Å². The molecule has 0 bridgehead atoms. The van der Waals surface area contributed by atoms with E-state index in [0.29, 0.717) is 13.2 Å². The number of urea groups is 1. The van der Waals surface area contributed by atoms with Gasteiger partial charge in [-0.05, 0) is 13.8 Å². The number of hydrogen-bond acceptors (Lipinski definition) is 4. The standard InChI is InChI=1S/C9H18N2O4/c1-3-13-5-10-7-15-8-11(9(10)12)6-14-4-2/h3-8H2,1-2H3. The van der Waals surface area contributed by atoms with Gasteiger partial charge in [0.25, 0.3) is 0 Å². The molecule has 1 fully saturated rings. The van der Waals surface area contributed by atoms with Crippen molar-refractivity contribution in [2.75, 3.05) is 40.1 Å². The Labute approximate surface area is 89.7 Å². The second-order valence-electron chi connectivity index (χ2n) is 3.07. The molecule has 1 heterocycles. The van der Waals surface area contributed by atoms with Crippen LogP contribution in [0.3, 0.4) is 0 Å². The van der Waals surface area contributed by atoms with Crippen molar-refractivity contribution in [2.24, 2.45) is 0 Å². The van der Waals surface area contributed by atoms with Crippen molar-refractivity contribution in [2.45, 2.75) is 13.8 Å². The zero-order valence-electron chi connectivity index (χ0n) is 9.27. The molecule has 1 aliphatic heterocycles. The summed E-state index contributed by atoms with van der Waals surface area (Å²) in [5, 5.41) is 0. The quantitative estimate of drug-likeness (QED) is 0.656. The predicted molar refractivity (Wildman–Crippen MR) is 52.9 cm³/mol. The molecule has 0 aromatic heterocycles. The molecule has 0 aromatic rings. The molecule has 0 unspecified atom stereocenters. The summed E-state index contributed by atoms with van der Waals surface area (Å²) in [5.74, 6) is 0. The van der Waals surface area contributed by atoms with Gasteiger partial charge in [0.05, 0.1) is 0 Å². The van der Waals surface area contributed by atoms with Crippen LogP contribution in [0.5, 0.6) is 0 Å². The molecule has 1 rings (SSSR count). The number of carbonyl (C=O) groups excluding carboxylic acids is 1. The Morgan fingerprint density at radius 1 is 1.13 bits per heavy atom. The molecule has 6 nitrogen and oxygen atoms in total. The van der Waals surface area contributed by atoms with Gasteiger partial charge < -0.3 is 14.2 Å². The lowest BCUT2D eigenvalue weighted by atomic mass is 10.6. The molecule has 0 radical (unpaired) electrons. The van der Waals surface area contributed by atoms with Crippen molar-refractivity contribution < 1.29 is 19.0 Å². The Bertz CT molecular complexity index is 183. The van der Waals surface area contributed by atoms with E-state index < -0.39 is 0 Å². The van der Waals surface area contributed by atoms with E-state index in [4.69, 9.17) is 14.2 Å². The average molecular weight is 218 g/mol. The Kier molecular flexibility index (Phi) is 5.38. The predicted octanol–water partition coefficient (Wildman–Crippen LogP) is 0.644. The van der Waals surface area contributed by atoms with Crippen molar-refractivity contribution in [1.29, 1.82) is 0 Å². The SMILES string of the molecule is CCOCN1COCN(COCC)C1=O. The minimum Gasteiger partial charge on any atom is -0.361 e. The summed E-state index contributed by atoms with van der Waals surface area (Å²) in [4.78, 5) is 14.7. The lowest BCUT2D eigenvalue weighted by Gasteiger charge is -2.34. The Hall–Kier alpha value is -0.850. The maximum atomic E-state index is 11.7. The zero-order chi connectivity index (χ0) is 11.1. The smallest absolute Gasteiger partial charge is 0.327 e. The molecule has 0 N–H and O–H groups in total. The van der Waals surface area contributed by atoms with Gasteiger partial charge in [0.2, 0.25) is 0 Å². The molecule has 1 saturated heterocycles. The van der Waals surface area contributed by atoms with Crippen LogP contribution in [0.25, 0.3) is 0 Å². The third-order valence-electron chi connectivity index (χ3n) is 1.94. The molecule has 2 amide bonds. The molecule has 1 aliphatic rings. The highest BCUT2D eigenvalue weighted by Gasteiger charge is 2.25. The third-order valence-corrected chi connectivity index (χ3v) is 1.94. The molecule has 0 spiro atoms. The van der Waals surface area contributed by atoms with Crippen LogP contribution >= 0.6 is 0 Å².